The SMILES string of the molecule is CCNC(=NCC(=O)N1CCCC1)NCC1(c2ccc(Cl)cc2)CC1.I. The number of rotatable bonds is 6. The summed E-state index contributed by atoms with van der Waals surface area (Å²) >= 11 is 5.99. The van der Waals surface area contributed by atoms with Gasteiger partial charge in [-0.25, -0.2) is 4.99 Å². The highest BCUT2D eigenvalue weighted by molar-refractivity contribution is 14.0. The average Bonchev–Trinajstić information content (AvgIpc) is 3.20. The van der Waals surface area contributed by atoms with E-state index in [2.05, 4.69) is 27.8 Å². The molecule has 1 aliphatic heterocycles. The van der Waals surface area contributed by atoms with E-state index >= 15 is 0 Å². The Hall–Kier alpha value is -1.02. The van der Waals surface area contributed by atoms with E-state index in [1.54, 1.807) is 0 Å². The highest BCUT2D eigenvalue weighted by atomic mass is 127. The number of hydrogen-bond donors (Lipinski definition) is 2. The lowest BCUT2D eigenvalue weighted by Gasteiger charge is -2.19. The number of halogens is 2. The van der Waals surface area contributed by atoms with E-state index in [9.17, 15) is 4.79 Å². The van der Waals surface area contributed by atoms with Gasteiger partial charge in [0.25, 0.3) is 0 Å². The van der Waals surface area contributed by atoms with Crippen molar-refractivity contribution in [3.63, 3.8) is 0 Å². The zero-order valence-corrected chi connectivity index (χ0v) is 18.3. The maximum absolute atomic E-state index is 12.2. The highest BCUT2D eigenvalue weighted by Crippen LogP contribution is 2.47. The van der Waals surface area contributed by atoms with Gasteiger partial charge in [0.1, 0.15) is 6.54 Å². The summed E-state index contributed by atoms with van der Waals surface area (Å²) in [5, 5.41) is 7.42. The van der Waals surface area contributed by atoms with Gasteiger partial charge < -0.3 is 15.5 Å². The molecule has 0 atom stereocenters. The predicted octanol–water partition coefficient (Wildman–Crippen LogP) is 3.17. The van der Waals surface area contributed by atoms with E-state index in [1.807, 2.05) is 24.0 Å². The highest BCUT2D eigenvalue weighted by Gasteiger charge is 2.44. The lowest BCUT2D eigenvalue weighted by atomic mass is 9.96. The van der Waals surface area contributed by atoms with E-state index in [0.717, 1.165) is 62.8 Å². The molecule has 26 heavy (non-hydrogen) atoms. The number of benzene rings is 1. The largest absolute Gasteiger partial charge is 0.357 e. The zero-order valence-electron chi connectivity index (χ0n) is 15.3. The number of nitrogens with one attached hydrogen (secondary N) is 2. The van der Waals surface area contributed by atoms with Crippen LogP contribution >= 0.6 is 35.6 Å². The average molecular weight is 491 g/mol. The second kappa shape index (κ2) is 9.78. The van der Waals surface area contributed by atoms with Crippen LogP contribution in [0.15, 0.2) is 29.3 Å². The molecule has 1 amide bonds. The third-order valence-electron chi connectivity index (χ3n) is 5.08. The van der Waals surface area contributed by atoms with E-state index in [0.29, 0.717) is 0 Å². The van der Waals surface area contributed by atoms with Crippen molar-refractivity contribution >= 4 is 47.4 Å². The second-order valence-corrected chi connectivity index (χ2v) is 7.36. The summed E-state index contributed by atoms with van der Waals surface area (Å²) in [5.41, 5.74) is 1.48. The summed E-state index contributed by atoms with van der Waals surface area (Å²) in [4.78, 5) is 18.6. The van der Waals surface area contributed by atoms with Gasteiger partial charge in [0.05, 0.1) is 0 Å². The van der Waals surface area contributed by atoms with Crippen molar-refractivity contribution < 1.29 is 4.79 Å². The molecular formula is C19H28ClIN4O. The molecule has 0 spiro atoms. The van der Waals surface area contributed by atoms with Gasteiger partial charge in [-0.1, -0.05) is 23.7 Å². The van der Waals surface area contributed by atoms with Gasteiger partial charge >= 0.3 is 0 Å². The number of amides is 1. The van der Waals surface area contributed by atoms with E-state index in [4.69, 9.17) is 11.6 Å². The van der Waals surface area contributed by atoms with Crippen molar-refractivity contribution in [3.8, 4) is 0 Å². The maximum atomic E-state index is 12.2. The molecule has 1 aliphatic carbocycles. The molecule has 1 saturated heterocycles. The summed E-state index contributed by atoms with van der Waals surface area (Å²) in [7, 11) is 0. The summed E-state index contributed by atoms with van der Waals surface area (Å²) in [5.74, 6) is 0.837. The number of carbonyl (C=O) groups is 1. The molecule has 7 heteroatoms. The molecule has 0 aromatic heterocycles. The number of carbonyl (C=O) groups excluding carboxylic acids is 1. The molecule has 0 unspecified atom stereocenters. The van der Waals surface area contributed by atoms with Crippen LogP contribution in [0.25, 0.3) is 0 Å². The van der Waals surface area contributed by atoms with Crippen molar-refractivity contribution in [2.45, 2.75) is 38.0 Å². The molecule has 5 nitrogen and oxygen atoms in total. The molecule has 0 radical (unpaired) electrons. The van der Waals surface area contributed by atoms with Gasteiger partial charge in [-0.05, 0) is 50.3 Å². The number of likely N-dealkylation sites (tertiary alicyclic amines) is 1. The molecule has 1 saturated carbocycles. The Morgan fingerprint density at radius 2 is 1.85 bits per heavy atom. The second-order valence-electron chi connectivity index (χ2n) is 6.92. The Labute approximate surface area is 178 Å². The third kappa shape index (κ3) is 5.49. The Morgan fingerprint density at radius 1 is 1.19 bits per heavy atom. The topological polar surface area (TPSA) is 56.7 Å². The first kappa shape index (κ1) is 21.3. The van der Waals surface area contributed by atoms with Crippen molar-refractivity contribution in [1.29, 1.82) is 0 Å². The Bertz CT molecular complexity index is 625. The molecule has 1 aromatic rings. The molecule has 2 fully saturated rings. The van der Waals surface area contributed by atoms with E-state index in [-0.39, 0.29) is 41.8 Å². The minimum atomic E-state index is 0. The first-order valence-corrected chi connectivity index (χ1v) is 9.57. The fourth-order valence-corrected chi connectivity index (χ4v) is 3.46. The first-order chi connectivity index (χ1) is 12.1. The third-order valence-corrected chi connectivity index (χ3v) is 5.33. The van der Waals surface area contributed by atoms with Crippen molar-refractivity contribution in [2.24, 2.45) is 4.99 Å². The monoisotopic (exact) mass is 490 g/mol. The first-order valence-electron chi connectivity index (χ1n) is 9.19. The van der Waals surface area contributed by atoms with Crippen LogP contribution in [0.5, 0.6) is 0 Å². The fraction of sp³-hybridized carbons (Fsp3) is 0.579. The van der Waals surface area contributed by atoms with Crippen LogP contribution in [-0.2, 0) is 10.2 Å². The van der Waals surface area contributed by atoms with Crippen LogP contribution in [-0.4, -0.2) is 49.5 Å². The van der Waals surface area contributed by atoms with Crippen LogP contribution < -0.4 is 10.6 Å². The van der Waals surface area contributed by atoms with Gasteiger partial charge in [-0.3, -0.25) is 4.79 Å². The van der Waals surface area contributed by atoms with Crippen LogP contribution in [0.1, 0.15) is 38.2 Å². The van der Waals surface area contributed by atoms with Gasteiger partial charge in [0.2, 0.25) is 5.91 Å². The van der Waals surface area contributed by atoms with Crippen molar-refractivity contribution in [2.75, 3.05) is 32.7 Å². The van der Waals surface area contributed by atoms with Crippen LogP contribution in [0, 0.1) is 0 Å². The maximum Gasteiger partial charge on any atom is 0.244 e. The Morgan fingerprint density at radius 3 is 2.42 bits per heavy atom. The van der Waals surface area contributed by atoms with Crippen LogP contribution in [0.3, 0.4) is 0 Å². The minimum absolute atomic E-state index is 0. The number of aliphatic imine (C=N–C) groups is 1. The minimum Gasteiger partial charge on any atom is -0.357 e. The van der Waals surface area contributed by atoms with Crippen LogP contribution in [0.4, 0.5) is 0 Å². The lowest BCUT2D eigenvalue weighted by Crippen LogP contribution is -2.42. The zero-order chi connectivity index (χ0) is 17.7. The fourth-order valence-electron chi connectivity index (χ4n) is 3.33. The molecule has 2 aliphatic rings. The molecule has 2 N–H and O–H groups in total. The van der Waals surface area contributed by atoms with Gasteiger partial charge in [-0.2, -0.15) is 0 Å². The molecule has 0 bridgehead atoms. The van der Waals surface area contributed by atoms with E-state index < -0.39 is 0 Å². The molecule has 144 valence electrons. The summed E-state index contributed by atoms with van der Waals surface area (Å²) in [6, 6.07) is 8.12. The smallest absolute Gasteiger partial charge is 0.244 e. The quantitative estimate of drug-likeness (QED) is 0.366. The summed E-state index contributed by atoms with van der Waals surface area (Å²) < 4.78 is 0. The molecule has 1 aromatic carbocycles. The van der Waals surface area contributed by atoms with Gasteiger partial charge in [0.15, 0.2) is 5.96 Å². The standard InChI is InChI=1S/C19H27ClN4O.HI/c1-2-21-18(22-13-17(25)24-11-3-4-12-24)23-14-19(9-10-19)15-5-7-16(20)8-6-15;/h5-8H,2-4,9-14H2,1H3,(H2,21,22,23);1H. The molecular weight excluding hydrogens is 463 g/mol. The van der Waals surface area contributed by atoms with Gasteiger partial charge in [0, 0.05) is 36.6 Å². The summed E-state index contributed by atoms with van der Waals surface area (Å²) in [6.07, 6.45) is 4.54. The Balaban J connectivity index is 0.00000243. The number of nitrogens with zero attached hydrogens (tertiary/aromatic N) is 2. The molecule has 1 heterocycles. The summed E-state index contributed by atoms with van der Waals surface area (Å²) in [6.45, 7) is 5.58. The van der Waals surface area contributed by atoms with Crippen LogP contribution in [0.2, 0.25) is 5.02 Å². The lowest BCUT2D eigenvalue weighted by molar-refractivity contribution is -0.128. The van der Waals surface area contributed by atoms with Crippen molar-refractivity contribution in [3.05, 3.63) is 34.9 Å². The van der Waals surface area contributed by atoms with Crippen molar-refractivity contribution in [1.82, 2.24) is 15.5 Å². The Kier molecular flexibility index (Phi) is 8.01. The number of hydrogen-bond acceptors (Lipinski definition) is 2. The molecule has 3 rings (SSSR count). The number of guanidine groups is 1. The predicted molar refractivity (Wildman–Crippen MR) is 118 cm³/mol. The normalized spacial score (nSPS) is 18.2. The van der Waals surface area contributed by atoms with E-state index in [1.165, 1.54) is 5.56 Å². The van der Waals surface area contributed by atoms with Gasteiger partial charge in [-0.15, -0.1) is 24.0 Å².